The van der Waals surface area contributed by atoms with Gasteiger partial charge in [0.2, 0.25) is 0 Å². The molecule has 82 valence electrons. The molecule has 1 aromatic rings. The number of anilines is 1. The van der Waals surface area contributed by atoms with E-state index in [0.717, 1.165) is 18.9 Å². The number of aromatic nitrogens is 1. The van der Waals surface area contributed by atoms with Gasteiger partial charge in [-0.1, -0.05) is 0 Å². The van der Waals surface area contributed by atoms with E-state index in [1.165, 1.54) is 18.4 Å². The maximum Gasteiger partial charge on any atom is 0.128 e. The number of pyridine rings is 1. The van der Waals surface area contributed by atoms with Crippen LogP contribution in [-0.2, 0) is 0 Å². The molecule has 1 aromatic heterocycles. The summed E-state index contributed by atoms with van der Waals surface area (Å²) in [5.41, 5.74) is 1.27. The van der Waals surface area contributed by atoms with Gasteiger partial charge in [-0.25, -0.2) is 4.98 Å². The minimum atomic E-state index is 0.591. The highest BCUT2D eigenvalue weighted by Gasteiger charge is 2.18. The fourth-order valence-electron chi connectivity index (χ4n) is 2.06. The van der Waals surface area contributed by atoms with Crippen LogP contribution in [0.5, 0.6) is 0 Å². The lowest BCUT2D eigenvalue weighted by atomic mass is 10.1. The van der Waals surface area contributed by atoms with Gasteiger partial charge in [0, 0.05) is 25.8 Å². The number of piperidine rings is 1. The number of nitrogens with zero attached hydrogens (tertiary/aromatic N) is 2. The highest BCUT2D eigenvalue weighted by atomic mass is 15.2. The molecule has 3 nitrogen and oxygen atoms in total. The van der Waals surface area contributed by atoms with Gasteiger partial charge >= 0.3 is 0 Å². The van der Waals surface area contributed by atoms with Gasteiger partial charge in [-0.15, -0.1) is 0 Å². The van der Waals surface area contributed by atoms with Crippen LogP contribution in [0, 0.1) is 6.92 Å². The Morgan fingerprint density at radius 2 is 2.40 bits per heavy atom. The predicted octanol–water partition coefficient (Wildman–Crippen LogP) is 1.58. The molecule has 1 saturated heterocycles. The predicted molar refractivity (Wildman–Crippen MR) is 63.3 cm³/mol. The van der Waals surface area contributed by atoms with E-state index in [0.29, 0.717) is 6.04 Å². The van der Waals surface area contributed by atoms with E-state index < -0.39 is 0 Å². The molecule has 0 bridgehead atoms. The molecule has 0 spiro atoms. The van der Waals surface area contributed by atoms with Crippen molar-refractivity contribution < 1.29 is 0 Å². The van der Waals surface area contributed by atoms with E-state index in [1.54, 1.807) is 0 Å². The maximum absolute atomic E-state index is 4.41. The summed E-state index contributed by atoms with van der Waals surface area (Å²) in [5, 5.41) is 3.43. The van der Waals surface area contributed by atoms with E-state index in [9.17, 15) is 0 Å². The van der Waals surface area contributed by atoms with Crippen LogP contribution in [0.3, 0.4) is 0 Å². The summed E-state index contributed by atoms with van der Waals surface area (Å²) >= 11 is 0. The quantitative estimate of drug-likeness (QED) is 0.794. The highest BCUT2D eigenvalue weighted by molar-refractivity contribution is 5.41. The van der Waals surface area contributed by atoms with Crippen LogP contribution in [0.1, 0.15) is 18.4 Å². The van der Waals surface area contributed by atoms with Crippen LogP contribution in [0.4, 0.5) is 5.82 Å². The minimum Gasteiger partial charge on any atom is -0.355 e. The van der Waals surface area contributed by atoms with Gasteiger partial charge in [0.1, 0.15) is 5.82 Å². The smallest absolute Gasteiger partial charge is 0.128 e. The zero-order valence-corrected chi connectivity index (χ0v) is 9.53. The molecule has 2 rings (SSSR count). The SMILES string of the molecule is Cc1ccnc(N(C)C2CCCNC2)c1. The number of rotatable bonds is 2. The molecule has 2 heterocycles. The zero-order chi connectivity index (χ0) is 10.7. The van der Waals surface area contributed by atoms with Crippen molar-refractivity contribution in [3.63, 3.8) is 0 Å². The maximum atomic E-state index is 4.41. The fraction of sp³-hybridized carbons (Fsp3) is 0.583. The van der Waals surface area contributed by atoms with Gasteiger partial charge in [0.25, 0.3) is 0 Å². The number of likely N-dealkylation sites (N-methyl/N-ethyl adjacent to an activating group) is 1. The first-order valence-electron chi connectivity index (χ1n) is 5.63. The third-order valence-corrected chi connectivity index (χ3v) is 3.08. The molecule has 0 amide bonds. The fourth-order valence-corrected chi connectivity index (χ4v) is 2.06. The summed E-state index contributed by atoms with van der Waals surface area (Å²) in [4.78, 5) is 6.70. The molecule has 3 heteroatoms. The molecule has 1 aliphatic heterocycles. The standard InChI is InChI=1S/C12H19N3/c1-10-5-7-14-12(8-10)15(2)11-4-3-6-13-9-11/h5,7-8,11,13H,3-4,6,9H2,1-2H3. The van der Waals surface area contributed by atoms with Crippen molar-refractivity contribution >= 4 is 5.82 Å². The molecule has 1 atom stereocenters. The highest BCUT2D eigenvalue weighted by Crippen LogP contribution is 2.17. The lowest BCUT2D eigenvalue weighted by molar-refractivity contribution is 0.443. The van der Waals surface area contributed by atoms with E-state index in [4.69, 9.17) is 0 Å². The van der Waals surface area contributed by atoms with Crippen LogP contribution < -0.4 is 10.2 Å². The van der Waals surface area contributed by atoms with Gasteiger partial charge in [-0.2, -0.15) is 0 Å². The lowest BCUT2D eigenvalue weighted by Gasteiger charge is -2.32. The Morgan fingerprint density at radius 3 is 3.07 bits per heavy atom. The van der Waals surface area contributed by atoms with Crippen molar-refractivity contribution in [2.24, 2.45) is 0 Å². The van der Waals surface area contributed by atoms with Crippen LogP contribution in [0.25, 0.3) is 0 Å². The van der Waals surface area contributed by atoms with Gasteiger partial charge in [0.05, 0.1) is 0 Å². The van der Waals surface area contributed by atoms with E-state index >= 15 is 0 Å². The summed E-state index contributed by atoms with van der Waals surface area (Å²) in [6.45, 7) is 4.34. The molecule has 15 heavy (non-hydrogen) atoms. The lowest BCUT2D eigenvalue weighted by Crippen LogP contribution is -2.44. The summed E-state index contributed by atoms with van der Waals surface area (Å²) in [6, 6.07) is 4.78. The first-order valence-corrected chi connectivity index (χ1v) is 5.63. The Bertz CT molecular complexity index is 318. The van der Waals surface area contributed by atoms with Crippen LogP contribution in [0.2, 0.25) is 0 Å². The number of aryl methyl sites for hydroxylation is 1. The second-order valence-electron chi connectivity index (χ2n) is 4.30. The van der Waals surface area contributed by atoms with Crippen LogP contribution in [0.15, 0.2) is 18.3 Å². The van der Waals surface area contributed by atoms with Crippen molar-refractivity contribution in [2.75, 3.05) is 25.0 Å². The van der Waals surface area contributed by atoms with E-state index in [1.807, 2.05) is 12.3 Å². The summed E-state index contributed by atoms with van der Waals surface area (Å²) in [5.74, 6) is 1.09. The van der Waals surface area contributed by atoms with Crippen molar-refractivity contribution in [1.82, 2.24) is 10.3 Å². The van der Waals surface area contributed by atoms with Crippen LogP contribution >= 0.6 is 0 Å². The summed E-state index contributed by atoms with van der Waals surface area (Å²) < 4.78 is 0. The molecule has 1 N–H and O–H groups in total. The van der Waals surface area contributed by atoms with E-state index in [-0.39, 0.29) is 0 Å². The Kier molecular flexibility index (Phi) is 3.21. The Hall–Kier alpha value is -1.09. The number of hydrogen-bond acceptors (Lipinski definition) is 3. The van der Waals surface area contributed by atoms with Crippen molar-refractivity contribution in [3.8, 4) is 0 Å². The number of hydrogen-bond donors (Lipinski definition) is 1. The first kappa shape index (κ1) is 10.4. The average molecular weight is 205 g/mol. The molecular formula is C12H19N3. The van der Waals surface area contributed by atoms with E-state index in [2.05, 4.69) is 35.2 Å². The second-order valence-corrected chi connectivity index (χ2v) is 4.30. The first-order chi connectivity index (χ1) is 7.27. The molecule has 1 unspecified atom stereocenters. The average Bonchev–Trinajstić information content (AvgIpc) is 2.29. The van der Waals surface area contributed by atoms with Crippen molar-refractivity contribution in [2.45, 2.75) is 25.8 Å². The Balaban J connectivity index is 2.08. The topological polar surface area (TPSA) is 28.2 Å². The number of nitrogens with one attached hydrogen (secondary N) is 1. The minimum absolute atomic E-state index is 0.591. The molecule has 0 radical (unpaired) electrons. The molecule has 1 aliphatic rings. The molecule has 0 aromatic carbocycles. The Morgan fingerprint density at radius 1 is 1.53 bits per heavy atom. The molecule has 1 fully saturated rings. The van der Waals surface area contributed by atoms with Crippen LogP contribution in [-0.4, -0.2) is 31.2 Å². The van der Waals surface area contributed by atoms with Gasteiger partial charge in [-0.05, 0) is 44.0 Å². The molecule has 0 saturated carbocycles. The van der Waals surface area contributed by atoms with Crippen molar-refractivity contribution in [1.29, 1.82) is 0 Å². The monoisotopic (exact) mass is 205 g/mol. The molecule has 0 aliphatic carbocycles. The Labute approximate surface area is 91.5 Å². The summed E-state index contributed by atoms with van der Waals surface area (Å²) in [7, 11) is 2.14. The normalized spacial score (nSPS) is 21.3. The van der Waals surface area contributed by atoms with Gasteiger partial charge < -0.3 is 10.2 Å². The summed E-state index contributed by atoms with van der Waals surface area (Å²) in [6.07, 6.45) is 4.41. The van der Waals surface area contributed by atoms with Gasteiger partial charge in [-0.3, -0.25) is 0 Å². The van der Waals surface area contributed by atoms with Crippen molar-refractivity contribution in [3.05, 3.63) is 23.9 Å². The second kappa shape index (κ2) is 4.62. The molecular weight excluding hydrogens is 186 g/mol. The van der Waals surface area contributed by atoms with Gasteiger partial charge in [0.15, 0.2) is 0 Å². The third-order valence-electron chi connectivity index (χ3n) is 3.08. The largest absolute Gasteiger partial charge is 0.355 e. The third kappa shape index (κ3) is 2.48. The zero-order valence-electron chi connectivity index (χ0n) is 9.53.